The van der Waals surface area contributed by atoms with Crippen molar-refractivity contribution in [3.8, 4) is 0 Å². The largest absolute Gasteiger partial charge is 0.396 e. The first kappa shape index (κ1) is 16.5. The summed E-state index contributed by atoms with van der Waals surface area (Å²) in [6, 6.07) is 11.2. The molecule has 0 saturated heterocycles. The van der Waals surface area contributed by atoms with E-state index in [1.165, 1.54) is 31.2 Å². The van der Waals surface area contributed by atoms with Gasteiger partial charge in [0.15, 0.2) is 0 Å². The van der Waals surface area contributed by atoms with Gasteiger partial charge in [-0.25, -0.2) is 0 Å². The van der Waals surface area contributed by atoms with Crippen LogP contribution in [0.1, 0.15) is 58.4 Å². The number of aliphatic hydroxyl groups is 1. The van der Waals surface area contributed by atoms with Crippen LogP contribution in [0.15, 0.2) is 30.3 Å². The van der Waals surface area contributed by atoms with Gasteiger partial charge in [-0.3, -0.25) is 0 Å². The van der Waals surface area contributed by atoms with E-state index in [2.05, 4.69) is 56.4 Å². The molecule has 1 aromatic carbocycles. The number of hydrogen-bond acceptors (Lipinski definition) is 2. The minimum absolute atomic E-state index is 0.144. The molecule has 0 aliphatic heterocycles. The van der Waals surface area contributed by atoms with Gasteiger partial charge in [0.1, 0.15) is 0 Å². The molecule has 1 aromatic rings. The van der Waals surface area contributed by atoms with Crippen molar-refractivity contribution in [2.75, 3.05) is 13.2 Å². The average Bonchev–Trinajstić information content (AvgIpc) is 2.95. The zero-order valence-electron chi connectivity index (χ0n) is 13.9. The lowest BCUT2D eigenvalue weighted by atomic mass is 9.79. The zero-order valence-corrected chi connectivity index (χ0v) is 13.9. The third-order valence-corrected chi connectivity index (χ3v) is 5.20. The first-order valence-electron chi connectivity index (χ1n) is 8.37. The van der Waals surface area contributed by atoms with Crippen LogP contribution in [0.3, 0.4) is 0 Å². The molecule has 1 aliphatic rings. The van der Waals surface area contributed by atoms with Crippen LogP contribution in [0.2, 0.25) is 0 Å². The van der Waals surface area contributed by atoms with Gasteiger partial charge < -0.3 is 10.4 Å². The van der Waals surface area contributed by atoms with E-state index in [-0.39, 0.29) is 10.8 Å². The fourth-order valence-electron chi connectivity index (χ4n) is 3.75. The highest BCUT2D eigenvalue weighted by Gasteiger charge is 2.33. The smallest absolute Gasteiger partial charge is 0.0499 e. The molecule has 1 fully saturated rings. The molecule has 118 valence electrons. The number of nitrogens with one attached hydrogen (secondary N) is 1. The first-order valence-corrected chi connectivity index (χ1v) is 8.37. The highest BCUT2D eigenvalue weighted by molar-refractivity contribution is 5.23. The SMILES string of the molecule is CC(CC(C)(C)c1ccccc1)NCC1(CO)CCCC1. The Hall–Kier alpha value is -0.860. The van der Waals surface area contributed by atoms with Crippen LogP contribution in [0, 0.1) is 5.41 Å². The lowest BCUT2D eigenvalue weighted by Crippen LogP contribution is -2.41. The van der Waals surface area contributed by atoms with E-state index in [1.54, 1.807) is 0 Å². The average molecular weight is 289 g/mol. The van der Waals surface area contributed by atoms with Crippen molar-refractivity contribution in [1.29, 1.82) is 0 Å². The molecule has 0 amide bonds. The highest BCUT2D eigenvalue weighted by atomic mass is 16.3. The van der Waals surface area contributed by atoms with Crippen molar-refractivity contribution >= 4 is 0 Å². The molecule has 21 heavy (non-hydrogen) atoms. The lowest BCUT2D eigenvalue weighted by Gasteiger charge is -2.33. The van der Waals surface area contributed by atoms with Crippen molar-refractivity contribution in [3.63, 3.8) is 0 Å². The van der Waals surface area contributed by atoms with Gasteiger partial charge in [-0.1, -0.05) is 57.0 Å². The van der Waals surface area contributed by atoms with E-state index in [0.29, 0.717) is 12.6 Å². The predicted octanol–water partition coefficient (Wildman–Crippen LogP) is 3.89. The second kappa shape index (κ2) is 6.93. The molecule has 0 spiro atoms. The first-order chi connectivity index (χ1) is 9.97. The van der Waals surface area contributed by atoms with Gasteiger partial charge in [-0.05, 0) is 37.2 Å². The van der Waals surface area contributed by atoms with Crippen LogP contribution in [-0.2, 0) is 5.41 Å². The molecule has 0 heterocycles. The van der Waals surface area contributed by atoms with Crippen LogP contribution >= 0.6 is 0 Å². The predicted molar refractivity (Wildman–Crippen MR) is 89.5 cm³/mol. The molecule has 1 saturated carbocycles. The Labute approximate surface area is 130 Å². The molecule has 0 bridgehead atoms. The molecular weight excluding hydrogens is 258 g/mol. The van der Waals surface area contributed by atoms with Crippen LogP contribution < -0.4 is 5.32 Å². The fourth-order valence-corrected chi connectivity index (χ4v) is 3.75. The van der Waals surface area contributed by atoms with E-state index in [9.17, 15) is 5.11 Å². The third-order valence-electron chi connectivity index (χ3n) is 5.20. The summed E-state index contributed by atoms with van der Waals surface area (Å²) in [6.07, 6.45) is 5.99. The number of aliphatic hydroxyl groups excluding tert-OH is 1. The third kappa shape index (κ3) is 4.31. The van der Waals surface area contributed by atoms with Gasteiger partial charge in [0, 0.05) is 24.6 Å². The van der Waals surface area contributed by atoms with Gasteiger partial charge in [-0.2, -0.15) is 0 Å². The molecular formula is C19H31NO. The normalized spacial score (nSPS) is 19.6. The zero-order chi connectivity index (χ0) is 15.3. The lowest BCUT2D eigenvalue weighted by molar-refractivity contribution is 0.124. The van der Waals surface area contributed by atoms with Crippen LogP contribution in [-0.4, -0.2) is 24.3 Å². The Bertz CT molecular complexity index is 420. The highest BCUT2D eigenvalue weighted by Crippen LogP contribution is 2.37. The van der Waals surface area contributed by atoms with Crippen molar-refractivity contribution in [2.45, 2.75) is 64.3 Å². The molecule has 1 atom stereocenters. The Morgan fingerprint density at radius 2 is 1.81 bits per heavy atom. The summed E-state index contributed by atoms with van der Waals surface area (Å²) >= 11 is 0. The van der Waals surface area contributed by atoms with Crippen molar-refractivity contribution < 1.29 is 5.11 Å². The van der Waals surface area contributed by atoms with Gasteiger partial charge in [0.2, 0.25) is 0 Å². The quantitative estimate of drug-likeness (QED) is 0.798. The number of rotatable bonds is 7. The summed E-state index contributed by atoms with van der Waals surface area (Å²) in [5.41, 5.74) is 1.72. The van der Waals surface area contributed by atoms with E-state index in [1.807, 2.05) is 0 Å². The van der Waals surface area contributed by atoms with Gasteiger partial charge >= 0.3 is 0 Å². The maximum absolute atomic E-state index is 9.70. The van der Waals surface area contributed by atoms with Crippen molar-refractivity contribution in [1.82, 2.24) is 5.32 Å². The maximum atomic E-state index is 9.70. The Balaban J connectivity index is 1.88. The standard InChI is InChI=1S/C19H31NO/c1-16(20-14-19(15-21)11-7-8-12-19)13-18(2,3)17-9-5-4-6-10-17/h4-6,9-10,16,20-21H,7-8,11-15H2,1-3H3. The van der Waals surface area contributed by atoms with E-state index in [4.69, 9.17) is 0 Å². The Kier molecular flexibility index (Phi) is 5.45. The molecule has 2 N–H and O–H groups in total. The molecule has 2 heteroatoms. The summed E-state index contributed by atoms with van der Waals surface area (Å²) < 4.78 is 0. The Morgan fingerprint density at radius 1 is 1.19 bits per heavy atom. The molecule has 0 radical (unpaired) electrons. The summed E-state index contributed by atoms with van der Waals surface area (Å²) in [7, 11) is 0. The molecule has 2 nitrogen and oxygen atoms in total. The number of hydrogen-bond donors (Lipinski definition) is 2. The second-order valence-corrected chi connectivity index (χ2v) is 7.60. The summed E-state index contributed by atoms with van der Waals surface area (Å²) in [6.45, 7) is 8.19. The minimum atomic E-state index is 0.144. The van der Waals surface area contributed by atoms with Gasteiger partial charge in [0.05, 0.1) is 0 Å². The van der Waals surface area contributed by atoms with E-state index < -0.39 is 0 Å². The maximum Gasteiger partial charge on any atom is 0.0499 e. The monoisotopic (exact) mass is 289 g/mol. The van der Waals surface area contributed by atoms with Crippen LogP contribution in [0.4, 0.5) is 0 Å². The topological polar surface area (TPSA) is 32.3 Å². The molecule has 1 unspecified atom stereocenters. The molecule has 0 aromatic heterocycles. The van der Waals surface area contributed by atoms with Gasteiger partial charge in [-0.15, -0.1) is 0 Å². The van der Waals surface area contributed by atoms with E-state index >= 15 is 0 Å². The van der Waals surface area contributed by atoms with Crippen LogP contribution in [0.5, 0.6) is 0 Å². The fraction of sp³-hybridized carbons (Fsp3) is 0.684. The van der Waals surface area contributed by atoms with Gasteiger partial charge in [0.25, 0.3) is 0 Å². The summed E-state index contributed by atoms with van der Waals surface area (Å²) in [4.78, 5) is 0. The van der Waals surface area contributed by atoms with E-state index in [0.717, 1.165) is 13.0 Å². The Morgan fingerprint density at radius 3 is 2.38 bits per heavy atom. The summed E-state index contributed by atoms with van der Waals surface area (Å²) in [5, 5.41) is 13.4. The molecule has 2 rings (SSSR count). The van der Waals surface area contributed by atoms with Crippen LogP contribution in [0.25, 0.3) is 0 Å². The number of benzene rings is 1. The van der Waals surface area contributed by atoms with Crippen molar-refractivity contribution in [2.24, 2.45) is 5.41 Å². The van der Waals surface area contributed by atoms with Crippen molar-refractivity contribution in [3.05, 3.63) is 35.9 Å². The summed E-state index contributed by atoms with van der Waals surface area (Å²) in [5.74, 6) is 0. The minimum Gasteiger partial charge on any atom is -0.396 e. The second-order valence-electron chi connectivity index (χ2n) is 7.60. The molecule has 1 aliphatic carbocycles.